The average molecular weight is 490 g/mol. The van der Waals surface area contributed by atoms with Gasteiger partial charge in [-0.15, -0.1) is 11.3 Å². The molecule has 8 nitrogen and oxygen atoms in total. The Labute approximate surface area is 204 Å². The monoisotopic (exact) mass is 489 g/mol. The van der Waals surface area contributed by atoms with E-state index in [1.54, 1.807) is 17.7 Å². The summed E-state index contributed by atoms with van der Waals surface area (Å²) < 4.78 is 17.0. The summed E-state index contributed by atoms with van der Waals surface area (Å²) in [4.78, 5) is 35.6. The van der Waals surface area contributed by atoms with Crippen LogP contribution in [0.5, 0.6) is 5.88 Å². The summed E-state index contributed by atoms with van der Waals surface area (Å²) in [6, 6.07) is 0.0861. The molecule has 1 fully saturated rings. The zero-order valence-corrected chi connectivity index (χ0v) is 21.3. The highest BCUT2D eigenvalue weighted by atomic mass is 32.1. The summed E-state index contributed by atoms with van der Waals surface area (Å²) in [5.41, 5.74) is 0.670. The predicted molar refractivity (Wildman–Crippen MR) is 130 cm³/mol. The van der Waals surface area contributed by atoms with Gasteiger partial charge in [0.25, 0.3) is 0 Å². The minimum Gasteiger partial charge on any atom is -0.474 e. The van der Waals surface area contributed by atoms with E-state index in [0.717, 1.165) is 55.2 Å². The number of carbonyl (C=O) groups excluding carboxylic acids is 2. The number of aryl methyl sites for hydroxylation is 1. The molecule has 0 saturated heterocycles. The van der Waals surface area contributed by atoms with Crippen LogP contribution in [-0.4, -0.2) is 46.4 Å². The van der Waals surface area contributed by atoms with Gasteiger partial charge in [-0.3, -0.25) is 4.79 Å². The quantitative estimate of drug-likeness (QED) is 0.551. The Balaban J connectivity index is 1.45. The van der Waals surface area contributed by atoms with Crippen LogP contribution in [0.15, 0.2) is 6.33 Å². The van der Waals surface area contributed by atoms with Crippen molar-refractivity contribution >= 4 is 33.6 Å². The maximum atomic E-state index is 12.2. The van der Waals surface area contributed by atoms with Crippen LogP contribution in [0.4, 0.5) is 4.79 Å². The smallest absolute Gasteiger partial charge is 0.407 e. The van der Waals surface area contributed by atoms with E-state index in [2.05, 4.69) is 15.3 Å². The van der Waals surface area contributed by atoms with Crippen LogP contribution in [0.2, 0.25) is 0 Å². The maximum Gasteiger partial charge on any atom is 0.407 e. The van der Waals surface area contributed by atoms with Crippen LogP contribution in [0.25, 0.3) is 10.2 Å². The first-order valence-corrected chi connectivity index (χ1v) is 13.1. The first-order valence-electron chi connectivity index (χ1n) is 12.3. The maximum absolute atomic E-state index is 12.2. The number of ether oxygens (including phenoxy) is 3. The lowest BCUT2D eigenvalue weighted by Gasteiger charge is -2.30. The van der Waals surface area contributed by atoms with Gasteiger partial charge in [0.15, 0.2) is 0 Å². The third kappa shape index (κ3) is 5.98. The number of hydrogen-bond donors (Lipinski definition) is 1. The molecule has 0 unspecified atom stereocenters. The molecule has 2 aliphatic rings. The molecule has 9 heteroatoms. The molecule has 4 rings (SSSR count). The topological polar surface area (TPSA) is 99.6 Å². The van der Waals surface area contributed by atoms with Crippen molar-refractivity contribution in [1.82, 2.24) is 15.3 Å². The highest BCUT2D eigenvalue weighted by Gasteiger charge is 2.31. The first kappa shape index (κ1) is 24.7. The lowest BCUT2D eigenvalue weighted by molar-refractivity contribution is -0.143. The van der Waals surface area contributed by atoms with Crippen molar-refractivity contribution in [2.24, 2.45) is 0 Å². The molecule has 2 aliphatic carbocycles. The molecule has 0 radical (unpaired) electrons. The molecule has 0 aliphatic heterocycles. The van der Waals surface area contributed by atoms with Crippen molar-refractivity contribution in [2.75, 3.05) is 6.61 Å². The van der Waals surface area contributed by atoms with Crippen LogP contribution in [0, 0.1) is 0 Å². The summed E-state index contributed by atoms with van der Waals surface area (Å²) >= 11 is 1.69. The third-order valence-corrected chi connectivity index (χ3v) is 7.50. The predicted octanol–water partition coefficient (Wildman–Crippen LogP) is 5.28. The van der Waals surface area contributed by atoms with Gasteiger partial charge in [-0.2, -0.15) is 0 Å². The number of nitrogens with zero attached hydrogens (tertiary/aromatic N) is 2. The van der Waals surface area contributed by atoms with Crippen molar-refractivity contribution in [1.29, 1.82) is 0 Å². The zero-order valence-electron chi connectivity index (χ0n) is 20.5. The number of carbonyl (C=O) groups is 2. The minimum absolute atomic E-state index is 0.0254. The molecule has 1 atom stereocenters. The number of thiophene rings is 1. The number of esters is 1. The molecule has 0 spiro atoms. The largest absolute Gasteiger partial charge is 0.474 e. The third-order valence-electron chi connectivity index (χ3n) is 6.32. The van der Waals surface area contributed by atoms with E-state index < -0.39 is 5.60 Å². The van der Waals surface area contributed by atoms with Gasteiger partial charge in [-0.25, -0.2) is 14.8 Å². The second-order valence-corrected chi connectivity index (χ2v) is 11.2. The molecule has 2 aromatic heterocycles. The second kappa shape index (κ2) is 10.5. The molecule has 0 aromatic carbocycles. The SMILES string of the molecule is CCOC(=O)C[C@@H]1CCCc2sc3ncnc(O[C@H]4CC[C@H](NC(=O)OC(C)(C)C)CC4)c3c21. The lowest BCUT2D eigenvalue weighted by Crippen LogP contribution is -2.42. The van der Waals surface area contributed by atoms with Crippen molar-refractivity contribution in [3.05, 3.63) is 16.8 Å². The second-order valence-electron chi connectivity index (χ2n) is 10.1. The Bertz CT molecular complexity index is 1020. The van der Waals surface area contributed by atoms with Gasteiger partial charge in [0.1, 0.15) is 22.9 Å². The Morgan fingerprint density at radius 2 is 1.91 bits per heavy atom. The Morgan fingerprint density at radius 3 is 2.62 bits per heavy atom. The van der Waals surface area contributed by atoms with Crippen LogP contribution in [0.3, 0.4) is 0 Å². The fraction of sp³-hybridized carbons (Fsp3) is 0.680. The number of aromatic nitrogens is 2. The van der Waals surface area contributed by atoms with Crippen molar-refractivity contribution in [3.63, 3.8) is 0 Å². The van der Waals surface area contributed by atoms with E-state index in [9.17, 15) is 9.59 Å². The molecular weight excluding hydrogens is 454 g/mol. The fourth-order valence-corrected chi connectivity index (χ4v) is 6.17. The first-order chi connectivity index (χ1) is 16.2. The minimum atomic E-state index is -0.506. The van der Waals surface area contributed by atoms with Crippen LogP contribution >= 0.6 is 11.3 Å². The van der Waals surface area contributed by atoms with Gasteiger partial charge >= 0.3 is 12.1 Å². The molecule has 34 heavy (non-hydrogen) atoms. The number of nitrogens with one attached hydrogen (secondary N) is 1. The molecule has 0 bridgehead atoms. The van der Waals surface area contributed by atoms with E-state index in [4.69, 9.17) is 14.2 Å². The number of fused-ring (bicyclic) bond motifs is 3. The molecule has 186 valence electrons. The molecule has 2 aromatic rings. The normalized spacial score (nSPS) is 22.6. The summed E-state index contributed by atoms with van der Waals surface area (Å²) in [6.07, 6.45) is 7.90. The highest BCUT2D eigenvalue weighted by molar-refractivity contribution is 7.18. The van der Waals surface area contributed by atoms with Crippen LogP contribution in [0.1, 0.15) is 89.0 Å². The van der Waals surface area contributed by atoms with Gasteiger partial charge in [0, 0.05) is 10.9 Å². The van der Waals surface area contributed by atoms with E-state index in [1.165, 1.54) is 10.4 Å². The van der Waals surface area contributed by atoms with Gasteiger partial charge in [-0.1, -0.05) is 0 Å². The van der Waals surface area contributed by atoms with Gasteiger partial charge in [0.2, 0.25) is 5.88 Å². The van der Waals surface area contributed by atoms with E-state index >= 15 is 0 Å². The standard InChI is InChI=1S/C25H35N3O5S/c1-5-31-19(29)13-15-7-6-8-18-20(15)21-22(26-14-27-23(21)34-18)32-17-11-9-16(10-12-17)28-24(30)33-25(2,3)4/h14-17H,5-13H2,1-4H3,(H,28,30)/t15-,16-,17-/m0/s1. The summed E-state index contributed by atoms with van der Waals surface area (Å²) in [7, 11) is 0. The number of amides is 1. The Hall–Kier alpha value is -2.42. The molecule has 2 heterocycles. The number of alkyl carbamates (subject to hydrolysis) is 1. The molecule has 1 saturated carbocycles. The Morgan fingerprint density at radius 1 is 1.15 bits per heavy atom. The lowest BCUT2D eigenvalue weighted by atomic mass is 9.84. The van der Waals surface area contributed by atoms with Gasteiger partial charge in [-0.05, 0) is 84.1 Å². The fourth-order valence-electron chi connectivity index (χ4n) is 4.92. The van der Waals surface area contributed by atoms with Gasteiger partial charge in [0.05, 0.1) is 18.4 Å². The van der Waals surface area contributed by atoms with E-state index in [0.29, 0.717) is 18.9 Å². The summed E-state index contributed by atoms with van der Waals surface area (Å²) in [5.74, 6) is 0.565. The summed E-state index contributed by atoms with van der Waals surface area (Å²) in [5, 5.41) is 3.94. The number of hydrogen-bond acceptors (Lipinski definition) is 8. The molecule has 1 N–H and O–H groups in total. The van der Waals surface area contributed by atoms with Crippen LogP contribution < -0.4 is 10.1 Å². The summed E-state index contributed by atoms with van der Waals surface area (Å²) in [6.45, 7) is 7.81. The molecule has 1 amide bonds. The average Bonchev–Trinajstić information content (AvgIpc) is 3.14. The number of rotatable bonds is 6. The Kier molecular flexibility index (Phi) is 7.60. The van der Waals surface area contributed by atoms with E-state index in [1.807, 2.05) is 27.7 Å². The van der Waals surface area contributed by atoms with Gasteiger partial charge < -0.3 is 19.5 Å². The zero-order chi connectivity index (χ0) is 24.3. The highest BCUT2D eigenvalue weighted by Crippen LogP contribution is 2.46. The van der Waals surface area contributed by atoms with Crippen molar-refractivity contribution in [2.45, 2.75) is 103 Å². The molecular formula is C25H35N3O5S. The van der Waals surface area contributed by atoms with Crippen LogP contribution in [-0.2, 0) is 20.7 Å². The van der Waals surface area contributed by atoms with Crippen molar-refractivity contribution < 1.29 is 23.8 Å². The van der Waals surface area contributed by atoms with Crippen molar-refractivity contribution in [3.8, 4) is 5.88 Å². The van der Waals surface area contributed by atoms with E-state index in [-0.39, 0.29) is 30.1 Å².